The van der Waals surface area contributed by atoms with Crippen LogP contribution in [-0.4, -0.2) is 34.7 Å². The Labute approximate surface area is 115 Å². The molecule has 0 bridgehead atoms. The van der Waals surface area contributed by atoms with E-state index in [0.29, 0.717) is 12.8 Å². The first-order chi connectivity index (χ1) is 9.30. The summed E-state index contributed by atoms with van der Waals surface area (Å²) in [5.74, 6) is -1.02. The predicted octanol–water partition coefficient (Wildman–Crippen LogP) is 3.08. The van der Waals surface area contributed by atoms with E-state index in [-0.39, 0.29) is 18.2 Å². The van der Waals surface area contributed by atoms with Gasteiger partial charge in [0.1, 0.15) is 0 Å². The van der Waals surface area contributed by atoms with Crippen molar-refractivity contribution in [1.82, 2.24) is 4.90 Å². The third kappa shape index (κ3) is 3.30. The molecule has 1 aliphatic rings. The molecule has 3 nitrogen and oxygen atoms in total. The first-order valence-electron chi connectivity index (χ1n) is 6.46. The maximum Gasteiger partial charge on any atom is 0.401 e. The highest BCUT2D eigenvalue weighted by atomic mass is 19.4. The Bertz CT molecular complexity index is 514. The fourth-order valence-corrected chi connectivity index (χ4v) is 2.65. The number of halogens is 3. The number of rotatable bonds is 3. The Balaban J connectivity index is 2.26. The molecule has 20 heavy (non-hydrogen) atoms. The molecule has 1 aromatic rings. The highest BCUT2D eigenvalue weighted by Gasteiger charge is 2.35. The molecule has 1 unspecified atom stereocenters. The molecule has 0 spiro atoms. The van der Waals surface area contributed by atoms with E-state index in [0.717, 1.165) is 11.1 Å². The van der Waals surface area contributed by atoms with E-state index in [4.69, 9.17) is 5.11 Å². The van der Waals surface area contributed by atoms with Gasteiger partial charge in [-0.05, 0) is 36.1 Å². The van der Waals surface area contributed by atoms with Crippen molar-refractivity contribution in [2.45, 2.75) is 38.5 Å². The molecule has 1 atom stereocenters. The minimum absolute atomic E-state index is 0.183. The van der Waals surface area contributed by atoms with Crippen molar-refractivity contribution < 1.29 is 23.1 Å². The molecule has 1 N–H and O–H groups in total. The number of alkyl halides is 3. The molecule has 0 fully saturated rings. The van der Waals surface area contributed by atoms with Crippen LogP contribution in [0.3, 0.4) is 0 Å². The second-order valence-corrected chi connectivity index (χ2v) is 5.07. The van der Waals surface area contributed by atoms with Gasteiger partial charge in [-0.3, -0.25) is 4.90 Å². The average Bonchev–Trinajstić information content (AvgIpc) is 2.35. The lowest BCUT2D eigenvalue weighted by Crippen LogP contribution is -2.45. The van der Waals surface area contributed by atoms with Crippen LogP contribution in [0.2, 0.25) is 0 Å². The van der Waals surface area contributed by atoms with Gasteiger partial charge in [-0.25, -0.2) is 4.79 Å². The number of carbonyl (C=O) groups is 1. The number of hydrogen-bond donors (Lipinski definition) is 1. The summed E-state index contributed by atoms with van der Waals surface area (Å²) in [7, 11) is 0. The summed E-state index contributed by atoms with van der Waals surface area (Å²) in [6.07, 6.45) is -3.15. The van der Waals surface area contributed by atoms with Gasteiger partial charge in [-0.1, -0.05) is 13.0 Å². The second kappa shape index (κ2) is 5.44. The average molecular weight is 287 g/mol. The zero-order valence-corrected chi connectivity index (χ0v) is 11.1. The van der Waals surface area contributed by atoms with Crippen LogP contribution < -0.4 is 0 Å². The van der Waals surface area contributed by atoms with Gasteiger partial charge in [0.15, 0.2) is 0 Å². The van der Waals surface area contributed by atoms with Crippen LogP contribution in [0, 0.1) is 0 Å². The fraction of sp³-hybridized carbons (Fsp3) is 0.500. The van der Waals surface area contributed by atoms with Crippen molar-refractivity contribution in [3.8, 4) is 0 Å². The summed E-state index contributed by atoms with van der Waals surface area (Å²) in [5, 5.41) is 8.96. The van der Waals surface area contributed by atoms with Crippen molar-refractivity contribution in [3.05, 3.63) is 34.9 Å². The number of aromatic carboxylic acids is 1. The Morgan fingerprint density at radius 3 is 2.65 bits per heavy atom. The van der Waals surface area contributed by atoms with E-state index in [9.17, 15) is 18.0 Å². The molecule has 0 amide bonds. The Hall–Kier alpha value is -1.56. The summed E-state index contributed by atoms with van der Waals surface area (Å²) in [6.45, 7) is 1.14. The number of hydrogen-bond acceptors (Lipinski definition) is 2. The van der Waals surface area contributed by atoms with Crippen LogP contribution >= 0.6 is 0 Å². The monoisotopic (exact) mass is 287 g/mol. The number of carboxylic acid groups (broad SMARTS) is 1. The molecule has 0 radical (unpaired) electrons. The van der Waals surface area contributed by atoms with Gasteiger partial charge >= 0.3 is 12.1 Å². The minimum Gasteiger partial charge on any atom is -0.478 e. The van der Waals surface area contributed by atoms with Gasteiger partial charge in [0.25, 0.3) is 0 Å². The standard InChI is InChI=1S/C14H16F3NO2/c1-2-12-6-11-5-9(13(19)20)3-4-10(11)7-18(12)8-14(15,16)17/h3-5,12H,2,6-8H2,1H3,(H,19,20). The molecular formula is C14H16F3NO2. The van der Waals surface area contributed by atoms with E-state index in [1.54, 1.807) is 12.1 Å². The number of nitrogens with zero attached hydrogens (tertiary/aromatic N) is 1. The lowest BCUT2D eigenvalue weighted by atomic mass is 9.91. The fourth-order valence-electron chi connectivity index (χ4n) is 2.65. The molecule has 0 aromatic heterocycles. The van der Waals surface area contributed by atoms with Crippen molar-refractivity contribution in [1.29, 1.82) is 0 Å². The quantitative estimate of drug-likeness (QED) is 0.928. The van der Waals surface area contributed by atoms with Gasteiger partial charge in [0.2, 0.25) is 0 Å². The van der Waals surface area contributed by atoms with E-state index in [2.05, 4.69) is 0 Å². The highest BCUT2D eigenvalue weighted by molar-refractivity contribution is 5.87. The maximum absolute atomic E-state index is 12.6. The Morgan fingerprint density at radius 2 is 2.10 bits per heavy atom. The van der Waals surface area contributed by atoms with E-state index >= 15 is 0 Å². The summed E-state index contributed by atoms with van der Waals surface area (Å²) in [5.41, 5.74) is 1.81. The molecule has 1 heterocycles. The van der Waals surface area contributed by atoms with E-state index in [1.165, 1.54) is 11.0 Å². The van der Waals surface area contributed by atoms with Crippen LogP contribution in [0.15, 0.2) is 18.2 Å². The van der Waals surface area contributed by atoms with E-state index < -0.39 is 18.7 Å². The summed E-state index contributed by atoms with van der Waals surface area (Å²) < 4.78 is 37.7. The SMILES string of the molecule is CCC1Cc2cc(C(=O)O)ccc2CN1CC(F)(F)F. The van der Waals surface area contributed by atoms with Crippen molar-refractivity contribution >= 4 is 5.97 Å². The Morgan fingerprint density at radius 1 is 1.40 bits per heavy atom. The van der Waals surface area contributed by atoms with Gasteiger partial charge in [0, 0.05) is 12.6 Å². The molecule has 2 rings (SSSR count). The van der Waals surface area contributed by atoms with Gasteiger partial charge in [-0.2, -0.15) is 13.2 Å². The molecule has 0 saturated carbocycles. The van der Waals surface area contributed by atoms with Gasteiger partial charge in [0.05, 0.1) is 12.1 Å². The third-order valence-corrected chi connectivity index (χ3v) is 3.65. The van der Waals surface area contributed by atoms with Crippen LogP contribution in [-0.2, 0) is 13.0 Å². The van der Waals surface area contributed by atoms with Crippen LogP contribution in [0.1, 0.15) is 34.8 Å². The van der Waals surface area contributed by atoms with Gasteiger partial charge in [-0.15, -0.1) is 0 Å². The van der Waals surface area contributed by atoms with Crippen LogP contribution in [0.5, 0.6) is 0 Å². The van der Waals surface area contributed by atoms with Crippen molar-refractivity contribution in [3.63, 3.8) is 0 Å². The lowest BCUT2D eigenvalue weighted by Gasteiger charge is -2.37. The molecular weight excluding hydrogens is 271 g/mol. The molecule has 110 valence electrons. The first kappa shape index (κ1) is 14.8. The first-order valence-corrected chi connectivity index (χ1v) is 6.46. The lowest BCUT2D eigenvalue weighted by molar-refractivity contribution is -0.153. The minimum atomic E-state index is -4.22. The predicted molar refractivity (Wildman–Crippen MR) is 67.6 cm³/mol. The summed E-state index contributed by atoms with van der Waals surface area (Å²) >= 11 is 0. The van der Waals surface area contributed by atoms with Crippen LogP contribution in [0.25, 0.3) is 0 Å². The topological polar surface area (TPSA) is 40.5 Å². The molecule has 0 aliphatic carbocycles. The third-order valence-electron chi connectivity index (χ3n) is 3.65. The smallest absolute Gasteiger partial charge is 0.401 e. The number of fused-ring (bicyclic) bond motifs is 1. The molecule has 1 aromatic carbocycles. The second-order valence-electron chi connectivity index (χ2n) is 5.07. The van der Waals surface area contributed by atoms with Crippen LogP contribution in [0.4, 0.5) is 13.2 Å². The van der Waals surface area contributed by atoms with Gasteiger partial charge < -0.3 is 5.11 Å². The molecule has 6 heteroatoms. The Kier molecular flexibility index (Phi) is 4.04. The van der Waals surface area contributed by atoms with Crippen molar-refractivity contribution in [2.75, 3.05) is 6.54 Å². The molecule has 1 aliphatic heterocycles. The zero-order valence-electron chi connectivity index (χ0n) is 11.1. The highest BCUT2D eigenvalue weighted by Crippen LogP contribution is 2.29. The summed E-state index contributed by atoms with van der Waals surface area (Å²) in [4.78, 5) is 12.4. The number of carboxylic acids is 1. The molecule has 0 saturated heterocycles. The zero-order chi connectivity index (χ0) is 14.9. The largest absolute Gasteiger partial charge is 0.478 e. The van der Waals surface area contributed by atoms with E-state index in [1.807, 2.05) is 6.92 Å². The normalized spacial score (nSPS) is 19.7. The van der Waals surface area contributed by atoms with Crippen molar-refractivity contribution in [2.24, 2.45) is 0 Å². The maximum atomic E-state index is 12.6. The number of benzene rings is 1. The summed E-state index contributed by atoms with van der Waals surface area (Å²) in [6, 6.07) is 4.44.